The van der Waals surface area contributed by atoms with E-state index in [-0.39, 0.29) is 5.54 Å². The Hall–Kier alpha value is -1.16. The van der Waals surface area contributed by atoms with Crippen LogP contribution in [0.2, 0.25) is 0 Å². The first-order valence-electron chi connectivity index (χ1n) is 12.9. The minimum atomic E-state index is 0.0949. The lowest BCUT2D eigenvalue weighted by Crippen LogP contribution is -2.50. The van der Waals surface area contributed by atoms with Crippen molar-refractivity contribution in [2.24, 2.45) is 0 Å². The van der Waals surface area contributed by atoms with Crippen LogP contribution >= 0.6 is 15.9 Å². The van der Waals surface area contributed by atoms with E-state index in [1.807, 2.05) is 0 Å². The van der Waals surface area contributed by atoms with Gasteiger partial charge in [-0.05, 0) is 95.4 Å². The van der Waals surface area contributed by atoms with Crippen molar-refractivity contribution in [1.29, 1.82) is 0 Å². The van der Waals surface area contributed by atoms with Gasteiger partial charge in [0.1, 0.15) is 0 Å². The van der Waals surface area contributed by atoms with Gasteiger partial charge in [-0.25, -0.2) is 0 Å². The normalized spacial score (nSPS) is 22.6. The topological polar surface area (TPSA) is 12.0 Å². The van der Waals surface area contributed by atoms with Crippen LogP contribution < -0.4 is 5.32 Å². The summed E-state index contributed by atoms with van der Waals surface area (Å²) in [6.45, 7) is 14.5. The number of nitrogens with one attached hydrogen (secondary N) is 1. The molecule has 0 heterocycles. The summed E-state index contributed by atoms with van der Waals surface area (Å²) in [5, 5.41) is 4.16. The van der Waals surface area contributed by atoms with Crippen LogP contribution in [-0.2, 0) is 5.54 Å². The maximum Gasteiger partial charge on any atom is 0.0786 e. The van der Waals surface area contributed by atoms with Crippen molar-refractivity contribution in [3.05, 3.63) is 70.2 Å². The molecule has 0 saturated heterocycles. The Morgan fingerprint density at radius 3 is 2.09 bits per heavy atom. The molecule has 1 saturated carbocycles. The first-order valence-corrected chi connectivity index (χ1v) is 13.7. The lowest BCUT2D eigenvalue weighted by molar-refractivity contribution is -0.923. The fraction of sp³-hybridized carbons (Fsp3) is 0.586. The zero-order valence-corrected chi connectivity index (χ0v) is 22.3. The zero-order valence-electron chi connectivity index (χ0n) is 20.7. The standard InChI is InChI=1S/C29H44BrN2/c1-5-32(6-2,7-3)23-11-12-24(4)31-29(27-15-17-28(30)18-16-27)21-19-26(20-22-29)25-13-9-8-10-14-25/h8-10,13-18,24,26,31H,5-7,11-12,19-23H2,1-4H3/q+1. The zero-order chi connectivity index (χ0) is 23.0. The molecule has 0 aromatic heterocycles. The number of quaternary nitrogens is 1. The lowest BCUT2D eigenvalue weighted by Gasteiger charge is -2.44. The van der Waals surface area contributed by atoms with Gasteiger partial charge in [-0.3, -0.25) is 0 Å². The van der Waals surface area contributed by atoms with Gasteiger partial charge in [-0.15, -0.1) is 0 Å². The summed E-state index contributed by atoms with van der Waals surface area (Å²) in [5.41, 5.74) is 3.06. The smallest absolute Gasteiger partial charge is 0.0786 e. The molecule has 0 spiro atoms. The van der Waals surface area contributed by atoms with Gasteiger partial charge in [-0.1, -0.05) is 58.4 Å². The number of nitrogens with zero attached hydrogens (tertiary/aromatic N) is 1. The third-order valence-corrected chi connectivity index (χ3v) is 8.84. The molecule has 1 fully saturated rings. The van der Waals surface area contributed by atoms with Gasteiger partial charge in [0.2, 0.25) is 0 Å². The summed E-state index contributed by atoms with van der Waals surface area (Å²) in [6, 6.07) is 20.7. The Balaban J connectivity index is 1.68. The van der Waals surface area contributed by atoms with Crippen molar-refractivity contribution in [2.75, 3.05) is 26.2 Å². The average molecular weight is 501 g/mol. The average Bonchev–Trinajstić information content (AvgIpc) is 2.83. The van der Waals surface area contributed by atoms with E-state index in [4.69, 9.17) is 0 Å². The Kier molecular flexibility index (Phi) is 9.40. The van der Waals surface area contributed by atoms with Gasteiger partial charge in [0.15, 0.2) is 0 Å². The van der Waals surface area contributed by atoms with Crippen molar-refractivity contribution in [3.63, 3.8) is 0 Å². The molecule has 1 N–H and O–H groups in total. The van der Waals surface area contributed by atoms with Gasteiger partial charge < -0.3 is 9.80 Å². The third kappa shape index (κ3) is 6.24. The molecule has 3 heteroatoms. The second kappa shape index (κ2) is 11.8. The molecule has 0 radical (unpaired) electrons. The Labute approximate surface area is 205 Å². The molecule has 0 bridgehead atoms. The van der Waals surface area contributed by atoms with Crippen LogP contribution in [0.4, 0.5) is 0 Å². The van der Waals surface area contributed by atoms with E-state index in [9.17, 15) is 0 Å². The molecule has 176 valence electrons. The minimum Gasteiger partial charge on any atom is -0.324 e. The molecule has 0 aliphatic heterocycles. The summed E-state index contributed by atoms with van der Waals surface area (Å²) >= 11 is 3.63. The SMILES string of the molecule is CC[N+](CC)(CC)CCCC(C)NC1(c2ccc(Br)cc2)CCC(c2ccccc2)CC1. The maximum atomic E-state index is 4.16. The molecule has 1 aliphatic rings. The van der Waals surface area contributed by atoms with E-state index < -0.39 is 0 Å². The Bertz CT molecular complexity index is 781. The fourth-order valence-corrected chi connectivity index (χ4v) is 6.14. The number of hydrogen-bond donors (Lipinski definition) is 1. The summed E-state index contributed by atoms with van der Waals surface area (Å²) < 4.78 is 2.42. The monoisotopic (exact) mass is 499 g/mol. The summed E-state index contributed by atoms with van der Waals surface area (Å²) in [4.78, 5) is 0. The predicted octanol–water partition coefficient (Wildman–Crippen LogP) is 7.64. The molecule has 1 unspecified atom stereocenters. The number of hydrogen-bond acceptors (Lipinski definition) is 1. The molecule has 2 aromatic rings. The van der Waals surface area contributed by atoms with Crippen LogP contribution in [0.3, 0.4) is 0 Å². The van der Waals surface area contributed by atoms with Crippen molar-refractivity contribution >= 4 is 15.9 Å². The third-order valence-electron chi connectivity index (χ3n) is 8.31. The Morgan fingerprint density at radius 2 is 1.53 bits per heavy atom. The van der Waals surface area contributed by atoms with Crippen LogP contribution in [0.15, 0.2) is 59.1 Å². The van der Waals surface area contributed by atoms with Crippen LogP contribution in [-0.4, -0.2) is 36.7 Å². The highest BCUT2D eigenvalue weighted by atomic mass is 79.9. The quantitative estimate of drug-likeness (QED) is 0.313. The van der Waals surface area contributed by atoms with E-state index in [1.165, 1.54) is 80.3 Å². The first-order chi connectivity index (χ1) is 15.5. The molecule has 0 amide bonds. The molecule has 2 aromatic carbocycles. The van der Waals surface area contributed by atoms with E-state index in [1.54, 1.807) is 0 Å². The minimum absolute atomic E-state index is 0.0949. The van der Waals surface area contributed by atoms with Crippen LogP contribution in [0.25, 0.3) is 0 Å². The molecular formula is C29H44BrN2+. The van der Waals surface area contributed by atoms with E-state index >= 15 is 0 Å². The number of benzene rings is 2. The van der Waals surface area contributed by atoms with Crippen LogP contribution in [0.1, 0.15) is 83.3 Å². The molecule has 3 rings (SSSR count). The first kappa shape index (κ1) is 25.5. The number of halogens is 1. The van der Waals surface area contributed by atoms with Gasteiger partial charge in [-0.2, -0.15) is 0 Å². The molecule has 32 heavy (non-hydrogen) atoms. The summed E-state index contributed by atoms with van der Waals surface area (Å²) in [6.07, 6.45) is 7.46. The lowest BCUT2D eigenvalue weighted by atomic mass is 9.70. The highest BCUT2D eigenvalue weighted by Crippen LogP contribution is 2.44. The largest absolute Gasteiger partial charge is 0.324 e. The number of rotatable bonds is 11. The summed E-state index contributed by atoms with van der Waals surface area (Å²) in [5.74, 6) is 0.688. The van der Waals surface area contributed by atoms with Gasteiger partial charge in [0.05, 0.1) is 26.2 Å². The van der Waals surface area contributed by atoms with Crippen molar-refractivity contribution < 1.29 is 4.48 Å². The van der Waals surface area contributed by atoms with Gasteiger partial charge in [0.25, 0.3) is 0 Å². The van der Waals surface area contributed by atoms with Gasteiger partial charge in [0, 0.05) is 16.1 Å². The second-order valence-corrected chi connectivity index (χ2v) is 10.9. The van der Waals surface area contributed by atoms with Crippen molar-refractivity contribution in [2.45, 2.75) is 83.7 Å². The fourth-order valence-electron chi connectivity index (χ4n) is 5.88. The molecule has 1 aliphatic carbocycles. The maximum absolute atomic E-state index is 4.16. The van der Waals surface area contributed by atoms with Crippen molar-refractivity contribution in [1.82, 2.24) is 5.32 Å². The Morgan fingerprint density at radius 1 is 0.938 bits per heavy atom. The summed E-state index contributed by atoms with van der Waals surface area (Å²) in [7, 11) is 0. The van der Waals surface area contributed by atoms with Crippen LogP contribution in [0, 0.1) is 0 Å². The highest BCUT2D eigenvalue weighted by Gasteiger charge is 2.38. The van der Waals surface area contributed by atoms with E-state index in [2.05, 4.69) is 104 Å². The van der Waals surface area contributed by atoms with Crippen LogP contribution in [0.5, 0.6) is 0 Å². The second-order valence-electron chi connectivity index (χ2n) is 9.98. The van der Waals surface area contributed by atoms with E-state index in [0.717, 1.165) is 4.47 Å². The predicted molar refractivity (Wildman–Crippen MR) is 142 cm³/mol. The molecule has 1 atom stereocenters. The van der Waals surface area contributed by atoms with E-state index in [0.29, 0.717) is 12.0 Å². The van der Waals surface area contributed by atoms with Gasteiger partial charge >= 0.3 is 0 Å². The highest BCUT2D eigenvalue weighted by molar-refractivity contribution is 9.10. The molecular weight excluding hydrogens is 456 g/mol. The van der Waals surface area contributed by atoms with Crippen molar-refractivity contribution in [3.8, 4) is 0 Å². The molecule has 2 nitrogen and oxygen atoms in total.